The van der Waals surface area contributed by atoms with E-state index in [1.165, 1.54) is 11.8 Å². The number of unbranched alkanes of at least 4 members (excludes halogenated alkanes) is 1. The molecule has 0 aromatic rings. The number of carboxylic acids is 1. The van der Waals surface area contributed by atoms with Gasteiger partial charge in [-0.15, -0.1) is 35.0 Å². The molecule has 1 fully saturated rings. The fraction of sp³-hybridized carbons (Fsp3) is 0.933. The molecule has 1 heterocycles. The number of aliphatic carboxylic acids is 1. The molecule has 11 nitrogen and oxygen atoms in total. The van der Waals surface area contributed by atoms with Gasteiger partial charge in [0.15, 0.2) is 0 Å². The van der Waals surface area contributed by atoms with Gasteiger partial charge in [-0.3, -0.25) is 13.9 Å². The van der Waals surface area contributed by atoms with Crippen molar-refractivity contribution in [2.24, 2.45) is 11.5 Å². The first kappa shape index (κ1) is 31.3. The first-order chi connectivity index (χ1) is 14.5. The maximum Gasteiger partial charge on any atom is 0.344 e. The van der Waals surface area contributed by atoms with Crippen LogP contribution >= 0.6 is 42.6 Å². The van der Waals surface area contributed by atoms with Crippen molar-refractivity contribution in [2.75, 3.05) is 49.5 Å². The molecule has 3 atom stereocenters. The van der Waals surface area contributed by atoms with E-state index in [2.05, 4.69) is 5.09 Å². The van der Waals surface area contributed by atoms with Gasteiger partial charge < -0.3 is 21.1 Å². The van der Waals surface area contributed by atoms with Crippen molar-refractivity contribution in [3.8, 4) is 0 Å². The highest BCUT2D eigenvalue weighted by Gasteiger charge is 2.37. The van der Waals surface area contributed by atoms with Gasteiger partial charge in [0.05, 0.1) is 17.7 Å². The number of nitrogens with one attached hydrogen (secondary N) is 1. The number of nitrogens with two attached hydrogens (primary N) is 2. The molecule has 0 aromatic carbocycles. The number of hydrogen-bond acceptors (Lipinski definition) is 8. The average Bonchev–Trinajstić information content (AvgIpc) is 2.67. The van der Waals surface area contributed by atoms with Crippen molar-refractivity contribution in [2.45, 2.75) is 37.1 Å². The molecule has 0 saturated carbocycles. The number of thioether (sulfide) groups is 1. The minimum absolute atomic E-state index is 0.209. The Kier molecular flexibility index (Phi) is 17.1. The summed E-state index contributed by atoms with van der Waals surface area (Å²) in [5.74, 6) is -0.466. The van der Waals surface area contributed by atoms with Crippen LogP contribution in [0.2, 0.25) is 0 Å². The molecule has 186 valence electrons. The van der Waals surface area contributed by atoms with Gasteiger partial charge in [0, 0.05) is 30.6 Å². The molecule has 0 radical (unpaired) electrons. The summed E-state index contributed by atoms with van der Waals surface area (Å²) in [5.41, 5.74) is 10.4. The summed E-state index contributed by atoms with van der Waals surface area (Å²) >= 11 is 12.7. The lowest BCUT2D eigenvalue weighted by Gasteiger charge is -2.36. The highest BCUT2D eigenvalue weighted by atomic mass is 35.5. The Bertz CT molecular complexity index is 657. The van der Waals surface area contributed by atoms with Crippen molar-refractivity contribution in [1.29, 1.82) is 0 Å². The summed E-state index contributed by atoms with van der Waals surface area (Å²) < 4.78 is 49.8. The molecule has 1 aliphatic rings. The Morgan fingerprint density at radius 2 is 1.94 bits per heavy atom. The minimum atomic E-state index is -3.98. The lowest BCUT2D eigenvalue weighted by molar-refractivity contribution is -0.138. The van der Waals surface area contributed by atoms with Gasteiger partial charge in [-0.1, -0.05) is 6.42 Å². The fourth-order valence-electron chi connectivity index (χ4n) is 2.35. The van der Waals surface area contributed by atoms with Crippen molar-refractivity contribution >= 4 is 58.7 Å². The molecule has 0 spiro atoms. The topological polar surface area (TPSA) is 185 Å². The second-order valence-electron chi connectivity index (χ2n) is 6.48. The third-order valence-corrected chi connectivity index (χ3v) is 8.96. The van der Waals surface area contributed by atoms with Crippen LogP contribution in [0.3, 0.4) is 0 Å². The van der Waals surface area contributed by atoms with Gasteiger partial charge in [0.1, 0.15) is 6.04 Å². The largest absolute Gasteiger partial charge is 0.480 e. The van der Waals surface area contributed by atoms with Crippen LogP contribution in [-0.4, -0.2) is 89.6 Å². The minimum Gasteiger partial charge on any atom is -0.480 e. The van der Waals surface area contributed by atoms with E-state index in [-0.39, 0.29) is 16.9 Å². The quantitative estimate of drug-likeness (QED) is 0.0912. The van der Waals surface area contributed by atoms with Crippen LogP contribution in [0.1, 0.15) is 25.7 Å². The molecule has 16 heteroatoms. The van der Waals surface area contributed by atoms with Crippen molar-refractivity contribution in [3.05, 3.63) is 0 Å². The summed E-state index contributed by atoms with van der Waals surface area (Å²) in [7, 11) is -7.19. The standard InChI is InChI=1S/C9H19Cl2N2O5PS2.C6H14N2O2/c10-2-4-13(5-3-11)19(14)12-9(1-6-18-19)20-7-8-21(15,16)17;7-4-2-1-3-5(8)6(9)10/h9H,1-8H2,(H,12,14)(H,15,16,17);5H,1-4,7-8H2,(H,9,10)/t9-,19-;5-/m00/s1. The second-order valence-corrected chi connectivity index (χ2v) is 12.2. The first-order valence-electron chi connectivity index (χ1n) is 9.64. The molecule has 1 aliphatic heterocycles. The summed E-state index contributed by atoms with van der Waals surface area (Å²) in [6, 6.07) is -0.716. The van der Waals surface area contributed by atoms with E-state index < -0.39 is 29.8 Å². The summed E-state index contributed by atoms with van der Waals surface area (Å²) in [6.07, 6.45) is 2.76. The maximum absolute atomic E-state index is 12.8. The van der Waals surface area contributed by atoms with E-state index in [4.69, 9.17) is 48.9 Å². The SMILES string of the molecule is NCCCC[C@H](N)C(=O)O.O=[P@@]1(N(CCCl)CCCl)N[C@@H](SCCS(=O)(=O)O)CCO1. The predicted molar refractivity (Wildman–Crippen MR) is 126 cm³/mol. The summed E-state index contributed by atoms with van der Waals surface area (Å²) in [4.78, 5) is 10.1. The molecule has 0 amide bonds. The van der Waals surface area contributed by atoms with E-state index in [1.807, 2.05) is 0 Å². The molecule has 31 heavy (non-hydrogen) atoms. The van der Waals surface area contributed by atoms with E-state index in [1.54, 1.807) is 4.67 Å². The number of rotatable bonds is 14. The number of hydrogen-bond donors (Lipinski definition) is 5. The molecule has 0 aromatic heterocycles. The van der Waals surface area contributed by atoms with E-state index >= 15 is 0 Å². The Hall–Kier alpha value is 0.340. The molecule has 1 rings (SSSR count). The molecule has 0 bridgehead atoms. The predicted octanol–water partition coefficient (Wildman–Crippen LogP) is 1.36. The Morgan fingerprint density at radius 1 is 1.32 bits per heavy atom. The van der Waals surface area contributed by atoms with Gasteiger partial charge in [-0.2, -0.15) is 8.42 Å². The third-order valence-electron chi connectivity index (χ3n) is 3.96. The highest BCUT2D eigenvalue weighted by molar-refractivity contribution is 8.01. The zero-order chi connectivity index (χ0) is 23.9. The van der Waals surface area contributed by atoms with Crippen LogP contribution in [-0.2, 0) is 24.0 Å². The van der Waals surface area contributed by atoms with Crippen molar-refractivity contribution < 1.29 is 32.0 Å². The van der Waals surface area contributed by atoms with Gasteiger partial charge >= 0.3 is 13.6 Å². The summed E-state index contributed by atoms with van der Waals surface area (Å²) in [6.45, 7) is 1.66. The number of nitrogens with zero attached hydrogens (tertiary/aromatic N) is 1. The molecule has 0 unspecified atom stereocenters. The van der Waals surface area contributed by atoms with Gasteiger partial charge in [-0.25, -0.2) is 9.76 Å². The average molecular weight is 547 g/mol. The van der Waals surface area contributed by atoms with Gasteiger partial charge in [0.2, 0.25) is 0 Å². The lowest BCUT2D eigenvalue weighted by Crippen LogP contribution is -2.40. The number of alkyl halides is 2. The maximum atomic E-state index is 12.8. The van der Waals surface area contributed by atoms with E-state index in [9.17, 15) is 17.8 Å². The Morgan fingerprint density at radius 3 is 2.42 bits per heavy atom. The normalized spacial score (nSPS) is 22.6. The monoisotopic (exact) mass is 546 g/mol. The molecule has 0 aliphatic carbocycles. The molecular weight excluding hydrogens is 514 g/mol. The van der Waals surface area contributed by atoms with Crippen LogP contribution in [0.4, 0.5) is 0 Å². The zero-order valence-corrected chi connectivity index (χ0v) is 21.2. The smallest absolute Gasteiger partial charge is 0.344 e. The highest BCUT2D eigenvalue weighted by Crippen LogP contribution is 2.50. The Balaban J connectivity index is 0.000000759. The van der Waals surface area contributed by atoms with Crippen LogP contribution in [0.25, 0.3) is 0 Å². The number of carbonyl (C=O) groups is 1. The van der Waals surface area contributed by atoms with Crippen molar-refractivity contribution in [3.63, 3.8) is 0 Å². The molecule has 1 saturated heterocycles. The van der Waals surface area contributed by atoms with Gasteiger partial charge in [0.25, 0.3) is 10.1 Å². The second kappa shape index (κ2) is 16.9. The van der Waals surface area contributed by atoms with E-state index in [0.29, 0.717) is 50.8 Å². The molecular formula is C15H33Cl2N4O7PS2. The number of halogens is 2. The number of carboxylic acid groups (broad SMARTS) is 1. The Labute approximate surface area is 198 Å². The summed E-state index contributed by atoms with van der Waals surface area (Å²) in [5, 5.41) is 11.0. The fourth-order valence-corrected chi connectivity index (χ4v) is 7.44. The lowest BCUT2D eigenvalue weighted by atomic mass is 10.1. The van der Waals surface area contributed by atoms with E-state index in [0.717, 1.165) is 12.8 Å². The van der Waals surface area contributed by atoms with Gasteiger partial charge in [-0.05, 0) is 25.8 Å². The van der Waals surface area contributed by atoms with Crippen LogP contribution in [0, 0.1) is 0 Å². The zero-order valence-electron chi connectivity index (χ0n) is 17.2. The van der Waals surface area contributed by atoms with Crippen molar-refractivity contribution in [1.82, 2.24) is 9.76 Å². The first-order valence-corrected chi connectivity index (χ1v) is 14.9. The van der Waals surface area contributed by atoms with Crippen LogP contribution in [0.5, 0.6) is 0 Å². The van der Waals surface area contributed by atoms with Crippen LogP contribution < -0.4 is 16.6 Å². The third kappa shape index (κ3) is 15.0. The van der Waals surface area contributed by atoms with Crippen LogP contribution in [0.15, 0.2) is 0 Å². The molecule has 7 N–H and O–H groups in total.